The third-order valence-electron chi connectivity index (χ3n) is 3.21. The number of hydrogen-bond donors (Lipinski definition) is 1. The zero-order chi connectivity index (χ0) is 14.8. The van der Waals surface area contributed by atoms with E-state index in [-0.39, 0.29) is 17.5 Å². The Balaban J connectivity index is 1.86. The van der Waals surface area contributed by atoms with Crippen LogP contribution in [0.25, 0.3) is 11.5 Å². The second-order valence-electron chi connectivity index (χ2n) is 4.79. The van der Waals surface area contributed by atoms with Crippen LogP contribution >= 0.6 is 0 Å². The van der Waals surface area contributed by atoms with Gasteiger partial charge in [0, 0.05) is 6.42 Å². The Morgan fingerprint density at radius 2 is 1.90 bits per heavy atom. The lowest BCUT2D eigenvalue weighted by atomic mass is 10.1. The van der Waals surface area contributed by atoms with Gasteiger partial charge in [-0.05, 0) is 36.2 Å². The van der Waals surface area contributed by atoms with E-state index in [1.54, 1.807) is 31.2 Å². The van der Waals surface area contributed by atoms with Gasteiger partial charge in [0.05, 0.1) is 5.56 Å². The average Bonchev–Trinajstić information content (AvgIpc) is 2.93. The molecule has 106 valence electrons. The number of phenolic OH excluding ortho intramolecular Hbond substituents is 1. The first kappa shape index (κ1) is 13.3. The summed E-state index contributed by atoms with van der Waals surface area (Å²) >= 11 is 0. The maximum atomic E-state index is 12.9. The molecule has 0 unspecified atom stereocenters. The molecule has 1 N–H and O–H groups in total. The molecule has 2 aromatic carbocycles. The third-order valence-corrected chi connectivity index (χ3v) is 3.21. The maximum Gasteiger partial charge on any atom is 0.261 e. The molecule has 0 saturated carbocycles. The summed E-state index contributed by atoms with van der Waals surface area (Å²) in [4.78, 5) is 4.27. The van der Waals surface area contributed by atoms with Crippen LogP contribution in [0.1, 0.15) is 17.0 Å². The fraction of sp³-hybridized carbons (Fsp3) is 0.125. The van der Waals surface area contributed by atoms with Crippen molar-refractivity contribution in [2.45, 2.75) is 13.3 Å². The molecule has 3 aromatic rings. The average molecular weight is 284 g/mol. The number of nitrogens with zero attached hydrogens (tertiary/aromatic N) is 2. The molecule has 0 aliphatic carbocycles. The van der Waals surface area contributed by atoms with Crippen LogP contribution < -0.4 is 0 Å². The van der Waals surface area contributed by atoms with Crippen molar-refractivity contribution < 1.29 is 14.0 Å². The largest absolute Gasteiger partial charge is 0.507 e. The molecule has 0 atom stereocenters. The molecular formula is C16H13FN2O2. The monoisotopic (exact) mass is 284 g/mol. The molecule has 1 heterocycles. The SMILES string of the molecule is Cc1cccc(-c2nc(Cc3ccc(F)cc3)no2)c1O. The number of phenols is 1. The van der Waals surface area contributed by atoms with Crippen molar-refractivity contribution in [1.82, 2.24) is 10.1 Å². The van der Waals surface area contributed by atoms with Gasteiger partial charge >= 0.3 is 0 Å². The first-order valence-corrected chi connectivity index (χ1v) is 6.49. The fourth-order valence-electron chi connectivity index (χ4n) is 2.05. The normalized spacial score (nSPS) is 10.8. The lowest BCUT2D eigenvalue weighted by molar-refractivity contribution is 0.418. The Hall–Kier alpha value is -2.69. The molecule has 0 fully saturated rings. The fourth-order valence-corrected chi connectivity index (χ4v) is 2.05. The number of rotatable bonds is 3. The highest BCUT2D eigenvalue weighted by molar-refractivity contribution is 5.64. The summed E-state index contributed by atoms with van der Waals surface area (Å²) in [5.74, 6) is 0.609. The Bertz CT molecular complexity index is 766. The molecule has 21 heavy (non-hydrogen) atoms. The van der Waals surface area contributed by atoms with Crippen LogP contribution in [-0.2, 0) is 6.42 Å². The van der Waals surface area contributed by atoms with Crippen LogP contribution in [-0.4, -0.2) is 15.2 Å². The van der Waals surface area contributed by atoms with Gasteiger partial charge in [0.15, 0.2) is 5.82 Å². The quantitative estimate of drug-likeness (QED) is 0.800. The second kappa shape index (κ2) is 5.36. The summed E-state index contributed by atoms with van der Waals surface area (Å²) in [5, 5.41) is 13.9. The molecule has 0 saturated heterocycles. The molecular weight excluding hydrogens is 271 g/mol. The number of benzene rings is 2. The minimum atomic E-state index is -0.280. The molecule has 0 spiro atoms. The Morgan fingerprint density at radius 3 is 2.67 bits per heavy atom. The number of hydrogen-bond acceptors (Lipinski definition) is 4. The molecule has 3 rings (SSSR count). The highest BCUT2D eigenvalue weighted by Gasteiger charge is 2.14. The van der Waals surface area contributed by atoms with Gasteiger partial charge in [0.25, 0.3) is 5.89 Å². The number of aromatic hydroxyl groups is 1. The zero-order valence-electron chi connectivity index (χ0n) is 11.4. The highest BCUT2D eigenvalue weighted by atomic mass is 19.1. The van der Waals surface area contributed by atoms with E-state index < -0.39 is 0 Å². The van der Waals surface area contributed by atoms with E-state index in [9.17, 15) is 9.50 Å². The number of para-hydroxylation sites is 1. The van der Waals surface area contributed by atoms with Gasteiger partial charge in [-0.15, -0.1) is 0 Å². The zero-order valence-corrected chi connectivity index (χ0v) is 11.4. The molecule has 0 aliphatic heterocycles. The van der Waals surface area contributed by atoms with Gasteiger partial charge in [-0.25, -0.2) is 4.39 Å². The summed E-state index contributed by atoms with van der Waals surface area (Å²) in [6.07, 6.45) is 0.441. The van der Waals surface area contributed by atoms with Crippen molar-refractivity contribution in [2.75, 3.05) is 0 Å². The van der Waals surface area contributed by atoms with Crippen LogP contribution in [0.4, 0.5) is 4.39 Å². The van der Waals surface area contributed by atoms with Crippen LogP contribution in [0.3, 0.4) is 0 Å². The number of aryl methyl sites for hydroxylation is 1. The Morgan fingerprint density at radius 1 is 1.14 bits per heavy atom. The van der Waals surface area contributed by atoms with Crippen molar-refractivity contribution in [1.29, 1.82) is 0 Å². The van der Waals surface area contributed by atoms with E-state index >= 15 is 0 Å². The topological polar surface area (TPSA) is 59.2 Å². The standard InChI is InChI=1S/C16H13FN2O2/c1-10-3-2-4-13(15(10)20)16-18-14(19-21-16)9-11-5-7-12(17)8-6-11/h2-8,20H,9H2,1H3. The van der Waals surface area contributed by atoms with Gasteiger partial charge < -0.3 is 9.63 Å². The molecule has 5 heteroatoms. The first-order valence-electron chi connectivity index (χ1n) is 6.49. The summed E-state index contributed by atoms with van der Waals surface area (Å²) < 4.78 is 18.0. The summed E-state index contributed by atoms with van der Waals surface area (Å²) in [5.41, 5.74) is 2.14. The molecule has 0 aliphatic rings. The minimum Gasteiger partial charge on any atom is -0.507 e. The predicted octanol–water partition coefficient (Wildman–Crippen LogP) is 3.48. The third kappa shape index (κ3) is 2.76. The highest BCUT2D eigenvalue weighted by Crippen LogP contribution is 2.30. The van der Waals surface area contributed by atoms with Crippen LogP contribution in [0, 0.1) is 12.7 Å². The van der Waals surface area contributed by atoms with Gasteiger partial charge in [-0.1, -0.05) is 29.4 Å². The summed E-state index contributed by atoms with van der Waals surface area (Å²) in [7, 11) is 0. The Kier molecular flexibility index (Phi) is 3.39. The molecule has 0 radical (unpaired) electrons. The molecule has 4 nitrogen and oxygen atoms in total. The van der Waals surface area contributed by atoms with Crippen molar-refractivity contribution in [3.63, 3.8) is 0 Å². The van der Waals surface area contributed by atoms with Crippen molar-refractivity contribution >= 4 is 0 Å². The van der Waals surface area contributed by atoms with Crippen molar-refractivity contribution in [3.05, 3.63) is 65.2 Å². The van der Waals surface area contributed by atoms with Gasteiger partial charge in [0.2, 0.25) is 0 Å². The van der Waals surface area contributed by atoms with Crippen molar-refractivity contribution in [2.24, 2.45) is 0 Å². The van der Waals surface area contributed by atoms with Crippen molar-refractivity contribution in [3.8, 4) is 17.2 Å². The van der Waals surface area contributed by atoms with E-state index in [1.807, 2.05) is 6.07 Å². The maximum absolute atomic E-state index is 12.9. The summed E-state index contributed by atoms with van der Waals surface area (Å²) in [6.45, 7) is 1.80. The van der Waals surface area contributed by atoms with Gasteiger partial charge in [-0.2, -0.15) is 4.98 Å². The van der Waals surface area contributed by atoms with E-state index in [0.29, 0.717) is 17.8 Å². The van der Waals surface area contributed by atoms with Crippen LogP contribution in [0.5, 0.6) is 5.75 Å². The van der Waals surface area contributed by atoms with E-state index in [4.69, 9.17) is 4.52 Å². The van der Waals surface area contributed by atoms with E-state index in [2.05, 4.69) is 10.1 Å². The molecule has 1 aromatic heterocycles. The van der Waals surface area contributed by atoms with Crippen LogP contribution in [0.15, 0.2) is 47.0 Å². The van der Waals surface area contributed by atoms with Crippen LogP contribution in [0.2, 0.25) is 0 Å². The number of aromatic nitrogens is 2. The lowest BCUT2D eigenvalue weighted by Crippen LogP contribution is -1.91. The molecule has 0 amide bonds. The number of halogens is 1. The lowest BCUT2D eigenvalue weighted by Gasteiger charge is -2.01. The Labute approximate surface area is 120 Å². The minimum absolute atomic E-state index is 0.134. The predicted molar refractivity (Wildman–Crippen MR) is 75.3 cm³/mol. The smallest absolute Gasteiger partial charge is 0.261 e. The van der Waals surface area contributed by atoms with E-state index in [0.717, 1.165) is 11.1 Å². The van der Waals surface area contributed by atoms with Gasteiger partial charge in [0.1, 0.15) is 11.6 Å². The first-order chi connectivity index (χ1) is 10.1. The second-order valence-corrected chi connectivity index (χ2v) is 4.79. The van der Waals surface area contributed by atoms with E-state index in [1.165, 1.54) is 12.1 Å². The molecule has 0 bridgehead atoms. The van der Waals surface area contributed by atoms with Gasteiger partial charge in [-0.3, -0.25) is 0 Å². The summed E-state index contributed by atoms with van der Waals surface area (Å²) in [6, 6.07) is 11.5.